The van der Waals surface area contributed by atoms with Crippen LogP contribution in [0.15, 0.2) is 17.0 Å². The molecule has 13 heavy (non-hydrogen) atoms. The molecule has 1 rings (SSSR count). The lowest BCUT2D eigenvalue weighted by Crippen LogP contribution is -2.00. The first-order valence-electron chi connectivity index (χ1n) is 3.08. The molecular weight excluding hydrogens is 218 g/mol. The second kappa shape index (κ2) is 3.06. The van der Waals surface area contributed by atoms with Crippen LogP contribution in [-0.2, 0) is 10.1 Å². The largest absolute Gasteiger partial charge is 0.506 e. The maximum atomic E-state index is 10.6. The monoisotopic (exact) mass is 223 g/mol. The standard InChI is InChI=1S/C6H6ClNO4S/c7-3-1-5(9)6(2-4(3)8)13(10,11)12/h1-2,9H,8H2,(H,10,11,12). The van der Waals surface area contributed by atoms with Crippen molar-refractivity contribution in [2.24, 2.45) is 0 Å². The third-order valence-electron chi connectivity index (χ3n) is 1.36. The van der Waals surface area contributed by atoms with Crippen molar-refractivity contribution in [1.29, 1.82) is 0 Å². The van der Waals surface area contributed by atoms with Crippen LogP contribution < -0.4 is 5.73 Å². The molecule has 1 aromatic rings. The summed E-state index contributed by atoms with van der Waals surface area (Å²) in [5, 5.41) is 9.09. The van der Waals surface area contributed by atoms with Crippen LogP contribution in [0.1, 0.15) is 0 Å². The zero-order chi connectivity index (χ0) is 10.2. The van der Waals surface area contributed by atoms with Crippen molar-refractivity contribution in [2.45, 2.75) is 4.90 Å². The van der Waals surface area contributed by atoms with E-state index in [-0.39, 0.29) is 10.7 Å². The highest BCUT2D eigenvalue weighted by Gasteiger charge is 2.16. The van der Waals surface area contributed by atoms with Crippen molar-refractivity contribution in [1.82, 2.24) is 0 Å². The van der Waals surface area contributed by atoms with Crippen LogP contribution in [0, 0.1) is 0 Å². The van der Waals surface area contributed by atoms with Gasteiger partial charge in [0.1, 0.15) is 10.6 Å². The molecule has 0 aliphatic heterocycles. The predicted molar refractivity (Wildman–Crippen MR) is 47.3 cm³/mol. The predicted octanol–water partition coefficient (Wildman–Crippen LogP) is 0.874. The minimum Gasteiger partial charge on any atom is -0.506 e. The molecule has 0 aliphatic rings. The topological polar surface area (TPSA) is 101 Å². The Morgan fingerprint density at radius 2 is 1.92 bits per heavy atom. The van der Waals surface area contributed by atoms with Gasteiger partial charge in [0.25, 0.3) is 10.1 Å². The fourth-order valence-corrected chi connectivity index (χ4v) is 1.52. The molecule has 0 atom stereocenters. The Hall–Kier alpha value is -0.980. The second-order valence-electron chi connectivity index (χ2n) is 2.32. The average Bonchev–Trinajstić information content (AvgIpc) is 1.94. The molecule has 72 valence electrons. The zero-order valence-electron chi connectivity index (χ0n) is 6.23. The molecule has 4 N–H and O–H groups in total. The molecular formula is C6H6ClNO4S. The molecule has 5 nitrogen and oxygen atoms in total. The molecule has 0 unspecified atom stereocenters. The first-order chi connectivity index (χ1) is 5.82. The summed E-state index contributed by atoms with van der Waals surface area (Å²) >= 11 is 5.47. The molecule has 0 spiro atoms. The maximum absolute atomic E-state index is 10.6. The summed E-state index contributed by atoms with van der Waals surface area (Å²) in [4.78, 5) is -0.658. The summed E-state index contributed by atoms with van der Waals surface area (Å²) in [6.45, 7) is 0. The van der Waals surface area contributed by atoms with E-state index in [1.807, 2.05) is 0 Å². The van der Waals surface area contributed by atoms with E-state index in [9.17, 15) is 8.42 Å². The van der Waals surface area contributed by atoms with Gasteiger partial charge in [-0.25, -0.2) is 0 Å². The second-order valence-corrected chi connectivity index (χ2v) is 4.11. The lowest BCUT2D eigenvalue weighted by atomic mass is 10.3. The molecule has 0 aromatic heterocycles. The van der Waals surface area contributed by atoms with Crippen LogP contribution in [0.4, 0.5) is 5.69 Å². The summed E-state index contributed by atoms with van der Waals surface area (Å²) in [6.07, 6.45) is 0. The maximum Gasteiger partial charge on any atom is 0.298 e. The van der Waals surface area contributed by atoms with Gasteiger partial charge in [0, 0.05) is 6.07 Å². The first kappa shape index (κ1) is 10.1. The van der Waals surface area contributed by atoms with Gasteiger partial charge in [-0.05, 0) is 6.07 Å². The summed E-state index contributed by atoms with van der Waals surface area (Å²) in [7, 11) is -4.46. The van der Waals surface area contributed by atoms with Gasteiger partial charge in [0.05, 0.1) is 10.7 Å². The molecule has 0 radical (unpaired) electrons. The number of halogens is 1. The van der Waals surface area contributed by atoms with Crippen molar-refractivity contribution < 1.29 is 18.1 Å². The molecule has 0 amide bonds. The highest BCUT2D eigenvalue weighted by atomic mass is 35.5. The number of anilines is 1. The summed E-state index contributed by atoms with van der Waals surface area (Å²) in [5.74, 6) is -0.637. The van der Waals surface area contributed by atoms with Crippen LogP contribution >= 0.6 is 11.6 Å². The van der Waals surface area contributed by atoms with Crippen molar-refractivity contribution in [3.05, 3.63) is 17.2 Å². The highest BCUT2D eigenvalue weighted by molar-refractivity contribution is 7.86. The van der Waals surface area contributed by atoms with E-state index in [2.05, 4.69) is 0 Å². The fraction of sp³-hybridized carbons (Fsp3) is 0. The van der Waals surface area contributed by atoms with Crippen molar-refractivity contribution >= 4 is 27.4 Å². The molecule has 7 heteroatoms. The molecule has 0 aliphatic carbocycles. The van der Waals surface area contributed by atoms with Gasteiger partial charge < -0.3 is 10.8 Å². The Labute approximate surface area is 79.5 Å². The lowest BCUT2D eigenvalue weighted by molar-refractivity contribution is 0.443. The number of aromatic hydroxyl groups is 1. The van der Waals surface area contributed by atoms with Crippen LogP contribution in [0.3, 0.4) is 0 Å². The normalized spacial score (nSPS) is 11.5. The van der Waals surface area contributed by atoms with Gasteiger partial charge in [-0.15, -0.1) is 0 Å². The van der Waals surface area contributed by atoms with Gasteiger partial charge in [0.2, 0.25) is 0 Å². The van der Waals surface area contributed by atoms with Gasteiger partial charge in [-0.2, -0.15) is 8.42 Å². The van der Waals surface area contributed by atoms with E-state index in [4.69, 9.17) is 27.0 Å². The van der Waals surface area contributed by atoms with E-state index in [1.165, 1.54) is 0 Å². The van der Waals surface area contributed by atoms with Crippen molar-refractivity contribution in [3.63, 3.8) is 0 Å². The van der Waals surface area contributed by atoms with Crippen molar-refractivity contribution in [3.8, 4) is 5.75 Å². The van der Waals surface area contributed by atoms with Crippen LogP contribution in [0.2, 0.25) is 5.02 Å². The van der Waals surface area contributed by atoms with E-state index in [0.29, 0.717) is 0 Å². The molecule has 0 saturated heterocycles. The third kappa shape index (κ3) is 2.03. The molecule has 0 saturated carbocycles. The van der Waals surface area contributed by atoms with Crippen LogP contribution in [0.5, 0.6) is 5.75 Å². The number of benzene rings is 1. The number of rotatable bonds is 1. The Bertz CT molecular complexity index is 442. The van der Waals surface area contributed by atoms with E-state index in [1.54, 1.807) is 0 Å². The number of nitrogens with two attached hydrogens (primary N) is 1. The van der Waals surface area contributed by atoms with Gasteiger partial charge in [0.15, 0.2) is 0 Å². The SMILES string of the molecule is Nc1cc(S(=O)(=O)O)c(O)cc1Cl. The number of hydrogen-bond acceptors (Lipinski definition) is 4. The minimum atomic E-state index is -4.46. The Morgan fingerprint density at radius 1 is 1.38 bits per heavy atom. The van der Waals surface area contributed by atoms with Crippen LogP contribution in [-0.4, -0.2) is 18.1 Å². The van der Waals surface area contributed by atoms with Gasteiger partial charge >= 0.3 is 0 Å². The van der Waals surface area contributed by atoms with Gasteiger partial charge in [-0.3, -0.25) is 4.55 Å². The summed E-state index contributed by atoms with van der Waals surface area (Å²) < 4.78 is 29.8. The first-order valence-corrected chi connectivity index (χ1v) is 4.89. The fourth-order valence-electron chi connectivity index (χ4n) is 0.765. The Morgan fingerprint density at radius 3 is 2.38 bits per heavy atom. The third-order valence-corrected chi connectivity index (χ3v) is 2.57. The number of hydrogen-bond donors (Lipinski definition) is 3. The average molecular weight is 224 g/mol. The number of phenols is 1. The molecule has 0 bridgehead atoms. The molecule has 0 heterocycles. The van der Waals surface area contributed by atoms with E-state index in [0.717, 1.165) is 12.1 Å². The Balaban J connectivity index is 3.50. The van der Waals surface area contributed by atoms with Crippen LogP contribution in [0.25, 0.3) is 0 Å². The van der Waals surface area contributed by atoms with Crippen molar-refractivity contribution in [2.75, 3.05) is 5.73 Å². The highest BCUT2D eigenvalue weighted by Crippen LogP contribution is 2.30. The number of nitrogen functional groups attached to an aromatic ring is 1. The minimum absolute atomic E-state index is 0.0184. The summed E-state index contributed by atoms with van der Waals surface area (Å²) in [5.41, 5.74) is 5.23. The lowest BCUT2D eigenvalue weighted by Gasteiger charge is -2.03. The quantitative estimate of drug-likeness (QED) is 0.373. The smallest absolute Gasteiger partial charge is 0.298 e. The molecule has 1 aromatic carbocycles. The Kier molecular flexibility index (Phi) is 2.38. The van der Waals surface area contributed by atoms with E-state index < -0.39 is 20.8 Å². The number of phenolic OH excluding ortho intramolecular Hbond substituents is 1. The van der Waals surface area contributed by atoms with E-state index >= 15 is 0 Å². The summed E-state index contributed by atoms with van der Waals surface area (Å²) in [6, 6.07) is 1.83. The molecule has 0 fully saturated rings. The zero-order valence-corrected chi connectivity index (χ0v) is 7.80. The van der Waals surface area contributed by atoms with Gasteiger partial charge in [-0.1, -0.05) is 11.6 Å².